The van der Waals surface area contributed by atoms with E-state index in [2.05, 4.69) is 0 Å². The molecule has 0 aromatic heterocycles. The van der Waals surface area contributed by atoms with Crippen LogP contribution in [-0.4, -0.2) is 11.3 Å². The molecule has 0 aliphatic carbocycles. The molecule has 1 rings (SSSR count). The predicted octanol–water partition coefficient (Wildman–Crippen LogP) is 2.01. The first-order chi connectivity index (χ1) is 5.15. The molecule has 0 fully saturated rings. The summed E-state index contributed by atoms with van der Waals surface area (Å²) < 4.78 is 0. The second-order valence-corrected chi connectivity index (χ2v) is 2.64. The molecular formula is C9H11NO. The van der Waals surface area contributed by atoms with Crippen molar-refractivity contribution >= 4 is 6.21 Å². The lowest BCUT2D eigenvalue weighted by Crippen LogP contribution is -1.87. The van der Waals surface area contributed by atoms with Gasteiger partial charge in [-0.1, -0.05) is 6.07 Å². The molecule has 0 atom stereocenters. The van der Waals surface area contributed by atoms with Crippen molar-refractivity contribution in [3.63, 3.8) is 0 Å². The molecule has 0 saturated heterocycles. The van der Waals surface area contributed by atoms with Crippen LogP contribution in [0.15, 0.2) is 12.1 Å². The number of aryl methyl sites for hydroxylation is 2. The van der Waals surface area contributed by atoms with E-state index in [0.717, 1.165) is 16.7 Å². The van der Waals surface area contributed by atoms with Crippen molar-refractivity contribution in [2.75, 3.05) is 0 Å². The molecule has 0 amide bonds. The molecule has 2 N–H and O–H groups in total. The van der Waals surface area contributed by atoms with Crippen LogP contribution in [0.25, 0.3) is 0 Å². The van der Waals surface area contributed by atoms with Gasteiger partial charge in [-0.15, -0.1) is 0 Å². The van der Waals surface area contributed by atoms with Crippen LogP contribution in [0.3, 0.4) is 0 Å². The van der Waals surface area contributed by atoms with Gasteiger partial charge in [0.1, 0.15) is 5.75 Å². The van der Waals surface area contributed by atoms with Crippen molar-refractivity contribution < 1.29 is 5.11 Å². The first kappa shape index (κ1) is 7.79. The molecule has 0 radical (unpaired) electrons. The van der Waals surface area contributed by atoms with E-state index in [4.69, 9.17) is 5.41 Å². The molecule has 0 unspecified atom stereocenters. The molecule has 58 valence electrons. The third-order valence-electron chi connectivity index (χ3n) is 1.74. The summed E-state index contributed by atoms with van der Waals surface area (Å²) in [5, 5.41) is 16.3. The Hall–Kier alpha value is -1.31. The van der Waals surface area contributed by atoms with Gasteiger partial charge in [-0.05, 0) is 36.6 Å². The second kappa shape index (κ2) is 2.74. The number of phenolic OH excluding ortho intramolecular Hbond substituents is 1. The van der Waals surface area contributed by atoms with E-state index in [0.29, 0.717) is 0 Å². The van der Waals surface area contributed by atoms with Gasteiger partial charge < -0.3 is 10.5 Å². The van der Waals surface area contributed by atoms with Crippen LogP contribution >= 0.6 is 0 Å². The molecule has 0 aliphatic heterocycles. The fourth-order valence-electron chi connectivity index (χ4n) is 1.01. The van der Waals surface area contributed by atoms with Crippen molar-refractivity contribution in [1.29, 1.82) is 5.41 Å². The Morgan fingerprint density at radius 3 is 2.45 bits per heavy atom. The van der Waals surface area contributed by atoms with Crippen LogP contribution in [0, 0.1) is 19.3 Å². The molecule has 11 heavy (non-hydrogen) atoms. The predicted molar refractivity (Wildman–Crippen MR) is 45.5 cm³/mol. The van der Waals surface area contributed by atoms with Gasteiger partial charge in [-0.25, -0.2) is 0 Å². The van der Waals surface area contributed by atoms with Crippen LogP contribution in [0.5, 0.6) is 5.75 Å². The van der Waals surface area contributed by atoms with Gasteiger partial charge in [-0.3, -0.25) is 0 Å². The topological polar surface area (TPSA) is 44.1 Å². The van der Waals surface area contributed by atoms with Gasteiger partial charge in [0.25, 0.3) is 0 Å². The van der Waals surface area contributed by atoms with E-state index in [1.807, 2.05) is 19.9 Å². The molecule has 1 aromatic carbocycles. The van der Waals surface area contributed by atoms with Crippen LogP contribution in [0.4, 0.5) is 0 Å². The molecule has 0 bridgehead atoms. The van der Waals surface area contributed by atoms with E-state index in [-0.39, 0.29) is 5.75 Å². The minimum atomic E-state index is 0.258. The highest BCUT2D eigenvalue weighted by atomic mass is 16.3. The average molecular weight is 149 g/mol. The molecule has 0 saturated carbocycles. The fourth-order valence-corrected chi connectivity index (χ4v) is 1.01. The van der Waals surface area contributed by atoms with E-state index in [1.165, 1.54) is 6.21 Å². The minimum Gasteiger partial charge on any atom is -0.508 e. The molecule has 0 heterocycles. The molecule has 1 aromatic rings. The van der Waals surface area contributed by atoms with Gasteiger partial charge in [-0.2, -0.15) is 0 Å². The Morgan fingerprint density at radius 2 is 1.91 bits per heavy atom. The first-order valence-electron chi connectivity index (χ1n) is 3.46. The zero-order valence-electron chi connectivity index (χ0n) is 6.68. The van der Waals surface area contributed by atoms with Gasteiger partial charge in [0.15, 0.2) is 0 Å². The average Bonchev–Trinajstić information content (AvgIpc) is 1.97. The fraction of sp³-hybridized carbons (Fsp3) is 0.222. The van der Waals surface area contributed by atoms with Crippen molar-refractivity contribution in [2.45, 2.75) is 13.8 Å². The summed E-state index contributed by atoms with van der Waals surface area (Å²) in [6, 6.07) is 3.48. The zero-order valence-corrected chi connectivity index (χ0v) is 6.68. The minimum absolute atomic E-state index is 0.258. The first-order valence-corrected chi connectivity index (χ1v) is 3.46. The number of aromatic hydroxyl groups is 1. The highest BCUT2D eigenvalue weighted by Crippen LogP contribution is 2.19. The maximum Gasteiger partial charge on any atom is 0.119 e. The summed E-state index contributed by atoms with van der Waals surface area (Å²) in [6.45, 7) is 3.77. The number of phenols is 1. The summed E-state index contributed by atoms with van der Waals surface area (Å²) >= 11 is 0. The van der Waals surface area contributed by atoms with Crippen LogP contribution in [-0.2, 0) is 0 Å². The number of benzene rings is 1. The lowest BCUT2D eigenvalue weighted by molar-refractivity contribution is 0.471. The Kier molecular flexibility index (Phi) is 1.94. The molecule has 2 nitrogen and oxygen atoms in total. The lowest BCUT2D eigenvalue weighted by Gasteiger charge is -2.03. The number of hydrogen-bond donors (Lipinski definition) is 2. The smallest absolute Gasteiger partial charge is 0.119 e. The molecule has 2 heteroatoms. The zero-order chi connectivity index (χ0) is 8.43. The Balaban J connectivity index is 3.31. The normalized spacial score (nSPS) is 9.64. The maximum atomic E-state index is 9.25. The molecule has 0 aliphatic rings. The number of rotatable bonds is 1. The van der Waals surface area contributed by atoms with Gasteiger partial charge in [0.05, 0.1) is 0 Å². The van der Waals surface area contributed by atoms with E-state index < -0.39 is 0 Å². The Morgan fingerprint density at radius 1 is 1.27 bits per heavy atom. The van der Waals surface area contributed by atoms with E-state index >= 15 is 0 Å². The summed E-state index contributed by atoms with van der Waals surface area (Å²) in [6.07, 6.45) is 1.24. The van der Waals surface area contributed by atoms with Gasteiger partial charge >= 0.3 is 0 Å². The van der Waals surface area contributed by atoms with Crippen LogP contribution in [0.2, 0.25) is 0 Å². The SMILES string of the molecule is Cc1cc(C)c(C=N)cc1O. The van der Waals surface area contributed by atoms with Crippen molar-refractivity contribution in [3.05, 3.63) is 28.8 Å². The molecule has 0 spiro atoms. The van der Waals surface area contributed by atoms with Crippen molar-refractivity contribution in [2.24, 2.45) is 0 Å². The summed E-state index contributed by atoms with van der Waals surface area (Å²) in [5.74, 6) is 0.258. The van der Waals surface area contributed by atoms with Crippen molar-refractivity contribution in [3.8, 4) is 5.75 Å². The largest absolute Gasteiger partial charge is 0.508 e. The van der Waals surface area contributed by atoms with E-state index in [1.54, 1.807) is 6.07 Å². The lowest BCUT2D eigenvalue weighted by atomic mass is 10.1. The monoisotopic (exact) mass is 149 g/mol. The second-order valence-electron chi connectivity index (χ2n) is 2.64. The maximum absolute atomic E-state index is 9.25. The summed E-state index contributed by atoms with van der Waals surface area (Å²) in [7, 11) is 0. The summed E-state index contributed by atoms with van der Waals surface area (Å²) in [4.78, 5) is 0. The van der Waals surface area contributed by atoms with Crippen molar-refractivity contribution in [1.82, 2.24) is 0 Å². The number of nitrogens with one attached hydrogen (secondary N) is 1. The Labute approximate surface area is 66.0 Å². The third kappa shape index (κ3) is 1.40. The van der Waals surface area contributed by atoms with Crippen LogP contribution < -0.4 is 0 Å². The van der Waals surface area contributed by atoms with Gasteiger partial charge in [0.2, 0.25) is 0 Å². The van der Waals surface area contributed by atoms with E-state index in [9.17, 15) is 5.11 Å². The molecular weight excluding hydrogens is 138 g/mol. The quantitative estimate of drug-likeness (QED) is 0.589. The summed E-state index contributed by atoms with van der Waals surface area (Å²) in [5.41, 5.74) is 2.65. The highest BCUT2D eigenvalue weighted by Gasteiger charge is 1.99. The third-order valence-corrected chi connectivity index (χ3v) is 1.74. The highest BCUT2D eigenvalue weighted by molar-refractivity contribution is 5.80. The number of hydrogen-bond acceptors (Lipinski definition) is 2. The Bertz CT molecular complexity index is 292. The standard InChI is InChI=1S/C9H11NO/c1-6-3-7(2)9(11)4-8(6)5-10/h3-5,10-11H,1-2H3. The van der Waals surface area contributed by atoms with Crippen LogP contribution in [0.1, 0.15) is 16.7 Å². The van der Waals surface area contributed by atoms with Gasteiger partial charge in [0, 0.05) is 6.21 Å².